The first-order valence-corrected chi connectivity index (χ1v) is 9.57. The Labute approximate surface area is 142 Å². The maximum Gasteiger partial charge on any atom is 0.440 e. The van der Waals surface area contributed by atoms with E-state index in [1.54, 1.807) is 0 Å². The van der Waals surface area contributed by atoms with Crippen LogP contribution in [0.2, 0.25) is 0 Å². The van der Waals surface area contributed by atoms with Crippen molar-refractivity contribution < 1.29 is 9.84 Å². The van der Waals surface area contributed by atoms with Gasteiger partial charge in [0.05, 0.1) is 13.5 Å². The second kappa shape index (κ2) is 17.1. The van der Waals surface area contributed by atoms with E-state index in [0.717, 1.165) is 12.8 Å². The molecule has 0 heterocycles. The van der Waals surface area contributed by atoms with Crippen molar-refractivity contribution in [2.45, 2.75) is 103 Å². The average Bonchev–Trinajstić information content (AvgIpc) is 2.58. The fourth-order valence-electron chi connectivity index (χ4n) is 2.80. The van der Waals surface area contributed by atoms with Gasteiger partial charge in [0.2, 0.25) is 5.39 Å². The Kier molecular flexibility index (Phi) is 16.2. The van der Waals surface area contributed by atoms with Gasteiger partial charge >= 0.3 is 11.6 Å². The van der Waals surface area contributed by atoms with E-state index >= 15 is 0 Å². The molecule has 0 aliphatic rings. The van der Waals surface area contributed by atoms with Crippen LogP contribution in [0.4, 0.5) is 0 Å². The van der Waals surface area contributed by atoms with Crippen LogP contribution >= 0.6 is 0 Å². The van der Waals surface area contributed by atoms with Crippen LogP contribution in [0.15, 0.2) is 11.6 Å². The molecule has 0 rings (SSSR count). The fourth-order valence-corrected chi connectivity index (χ4v) is 2.80. The van der Waals surface area contributed by atoms with Gasteiger partial charge in [-0.3, -0.25) is 0 Å². The second-order valence-corrected chi connectivity index (χ2v) is 6.40. The van der Waals surface area contributed by atoms with E-state index < -0.39 is 0 Å². The summed E-state index contributed by atoms with van der Waals surface area (Å²) in [4.78, 5) is 3.06. The van der Waals surface area contributed by atoms with E-state index in [1.807, 2.05) is 0 Å². The Morgan fingerprint density at radius 1 is 0.783 bits per heavy atom. The largest absolute Gasteiger partial charge is 0.475 e. The maximum atomic E-state index is 9.33. The smallest absolute Gasteiger partial charge is 0.440 e. The molecular formula is C19H37N2O2+. The molecule has 0 saturated heterocycles. The quantitative estimate of drug-likeness (QED) is 0.187. The average molecular weight is 326 g/mol. The Bertz CT molecular complexity index is 335. The van der Waals surface area contributed by atoms with Gasteiger partial charge in [0, 0.05) is 0 Å². The number of allylic oxidation sites excluding steroid dienone is 1. The van der Waals surface area contributed by atoms with E-state index in [1.165, 1.54) is 84.2 Å². The fraction of sp³-hybridized carbons (Fsp3) is 0.895. The van der Waals surface area contributed by atoms with Crippen LogP contribution in [0.5, 0.6) is 0 Å². The predicted molar refractivity (Wildman–Crippen MR) is 96.7 cm³/mol. The standard InChI is InChI=1S/C19H36N2O2/c1-3-4-5-6-7-8-9-10-11-12-13-14-15-16-17-18(21-20)19(22)23-2/h3-17H2,1-2H3/p+1/b19-18-. The van der Waals surface area contributed by atoms with E-state index in [0.29, 0.717) is 6.42 Å². The van der Waals surface area contributed by atoms with E-state index in [4.69, 9.17) is 5.39 Å². The zero-order chi connectivity index (χ0) is 17.2. The number of aliphatic hydroxyl groups excluding tert-OH is 1. The van der Waals surface area contributed by atoms with Gasteiger partial charge in [-0.05, 0) is 6.42 Å². The van der Waals surface area contributed by atoms with Gasteiger partial charge in [-0.2, -0.15) is 0 Å². The van der Waals surface area contributed by atoms with E-state index in [-0.39, 0.29) is 11.6 Å². The first kappa shape index (κ1) is 21.8. The predicted octanol–water partition coefficient (Wildman–Crippen LogP) is 7.08. The van der Waals surface area contributed by atoms with Crippen LogP contribution in [0.3, 0.4) is 0 Å². The minimum atomic E-state index is -0.276. The Morgan fingerprint density at radius 2 is 1.17 bits per heavy atom. The Morgan fingerprint density at radius 3 is 1.52 bits per heavy atom. The van der Waals surface area contributed by atoms with Crippen molar-refractivity contribution in [2.24, 2.45) is 0 Å². The topological polar surface area (TPSA) is 57.6 Å². The lowest BCUT2D eigenvalue weighted by atomic mass is 10.0. The highest BCUT2D eigenvalue weighted by Crippen LogP contribution is 2.16. The van der Waals surface area contributed by atoms with Gasteiger partial charge in [0.25, 0.3) is 0 Å². The minimum absolute atomic E-state index is 0.242. The number of rotatable bonds is 16. The maximum absolute atomic E-state index is 9.33. The van der Waals surface area contributed by atoms with Crippen LogP contribution < -0.4 is 0 Å². The molecule has 0 aromatic rings. The molecular weight excluding hydrogens is 288 g/mol. The summed E-state index contributed by atoms with van der Waals surface area (Å²) in [6, 6.07) is 0. The number of hydrogen-bond acceptors (Lipinski definition) is 3. The summed E-state index contributed by atoms with van der Waals surface area (Å²) in [5, 5.41) is 18.1. The zero-order valence-electron chi connectivity index (χ0n) is 15.4. The highest BCUT2D eigenvalue weighted by atomic mass is 16.6. The molecule has 0 fully saturated rings. The second-order valence-electron chi connectivity index (χ2n) is 6.40. The van der Waals surface area contributed by atoms with Crippen LogP contribution in [-0.2, 0) is 4.74 Å². The number of ether oxygens (including phenoxy) is 1. The number of nitrogens with zero attached hydrogens (tertiary/aromatic N) is 2. The van der Waals surface area contributed by atoms with Gasteiger partial charge in [0.15, 0.2) is 4.98 Å². The van der Waals surface area contributed by atoms with Crippen LogP contribution in [-0.4, -0.2) is 12.2 Å². The van der Waals surface area contributed by atoms with Crippen molar-refractivity contribution in [1.82, 2.24) is 0 Å². The third-order valence-electron chi connectivity index (χ3n) is 4.33. The molecule has 23 heavy (non-hydrogen) atoms. The molecule has 0 bridgehead atoms. The lowest BCUT2D eigenvalue weighted by molar-refractivity contribution is 0.131. The van der Waals surface area contributed by atoms with Crippen molar-refractivity contribution in [3.63, 3.8) is 0 Å². The van der Waals surface area contributed by atoms with Gasteiger partial charge in [-0.25, -0.2) is 0 Å². The number of methoxy groups -OCH3 is 1. The first-order valence-electron chi connectivity index (χ1n) is 9.57. The Hall–Kier alpha value is -1.24. The molecule has 0 aromatic heterocycles. The molecule has 4 nitrogen and oxygen atoms in total. The van der Waals surface area contributed by atoms with E-state index in [2.05, 4.69) is 16.6 Å². The molecule has 0 aromatic carbocycles. The van der Waals surface area contributed by atoms with Crippen LogP contribution in [0.1, 0.15) is 103 Å². The summed E-state index contributed by atoms with van der Waals surface area (Å²) < 4.78 is 4.65. The molecule has 1 N–H and O–H groups in total. The number of hydrogen-bond donors (Lipinski definition) is 1. The third-order valence-corrected chi connectivity index (χ3v) is 4.33. The first-order chi connectivity index (χ1) is 11.3. The summed E-state index contributed by atoms with van der Waals surface area (Å²) in [5.41, 5.74) is 0.242. The number of diazo groups is 1. The SMILES string of the molecule is CCCCCCCCCCCCCCCC/C([N+]#N)=C(\O)OC. The number of aliphatic hydroxyl groups is 1. The molecule has 0 spiro atoms. The van der Waals surface area contributed by atoms with Crippen molar-refractivity contribution in [3.8, 4) is 0 Å². The molecule has 4 heteroatoms. The van der Waals surface area contributed by atoms with Gasteiger partial charge < -0.3 is 9.84 Å². The molecule has 0 atom stereocenters. The lowest BCUT2D eigenvalue weighted by Gasteiger charge is -2.02. The Balaban J connectivity index is 3.27. The molecule has 0 amide bonds. The van der Waals surface area contributed by atoms with Crippen molar-refractivity contribution >= 4 is 0 Å². The summed E-state index contributed by atoms with van der Waals surface area (Å²) in [6.07, 6.45) is 18.9. The molecule has 0 radical (unpaired) electrons. The third kappa shape index (κ3) is 14.1. The van der Waals surface area contributed by atoms with Crippen LogP contribution in [0, 0.1) is 5.39 Å². The van der Waals surface area contributed by atoms with Gasteiger partial charge in [-0.15, -0.1) is 0 Å². The summed E-state index contributed by atoms with van der Waals surface area (Å²) in [7, 11) is 1.37. The molecule has 134 valence electrons. The molecule has 0 aliphatic heterocycles. The van der Waals surface area contributed by atoms with Crippen molar-refractivity contribution in [2.75, 3.05) is 7.11 Å². The van der Waals surface area contributed by atoms with E-state index in [9.17, 15) is 5.11 Å². The highest BCUT2D eigenvalue weighted by Gasteiger charge is 2.18. The lowest BCUT2D eigenvalue weighted by Crippen LogP contribution is -1.91. The normalized spacial score (nSPS) is 11.9. The highest BCUT2D eigenvalue weighted by molar-refractivity contribution is 5.08. The summed E-state index contributed by atoms with van der Waals surface area (Å²) in [6.45, 7) is 2.26. The molecule has 0 saturated carbocycles. The van der Waals surface area contributed by atoms with Crippen molar-refractivity contribution in [1.29, 1.82) is 5.39 Å². The molecule has 0 unspecified atom stereocenters. The van der Waals surface area contributed by atoms with Gasteiger partial charge in [-0.1, -0.05) is 90.4 Å². The molecule has 0 aliphatic carbocycles. The summed E-state index contributed by atoms with van der Waals surface area (Å²) in [5.74, 6) is -0.276. The summed E-state index contributed by atoms with van der Waals surface area (Å²) >= 11 is 0. The van der Waals surface area contributed by atoms with Crippen LogP contribution in [0.25, 0.3) is 4.98 Å². The minimum Gasteiger partial charge on any atom is -0.475 e. The van der Waals surface area contributed by atoms with Gasteiger partial charge in [0.1, 0.15) is 0 Å². The zero-order valence-corrected chi connectivity index (χ0v) is 15.4. The van der Waals surface area contributed by atoms with Crippen molar-refractivity contribution in [3.05, 3.63) is 16.6 Å². The monoisotopic (exact) mass is 325 g/mol. The number of unbranched alkanes of at least 4 members (excludes halogenated alkanes) is 13.